The van der Waals surface area contributed by atoms with E-state index < -0.39 is 23.0 Å². The first-order valence-electron chi connectivity index (χ1n) is 6.32. The summed E-state index contributed by atoms with van der Waals surface area (Å²) in [6.07, 6.45) is -1.75. The number of rotatable bonds is 2. The van der Waals surface area contributed by atoms with Crippen molar-refractivity contribution in [2.24, 2.45) is 10.2 Å². The van der Waals surface area contributed by atoms with Gasteiger partial charge in [0, 0.05) is 6.72 Å². The van der Waals surface area contributed by atoms with Crippen LogP contribution in [0, 0.1) is 0 Å². The highest BCUT2D eigenvalue weighted by Crippen LogP contribution is 2.30. The third kappa shape index (κ3) is 3.12. The zero-order chi connectivity index (χ0) is 17.2. The van der Waals surface area contributed by atoms with Gasteiger partial charge >= 0.3 is 11.9 Å². The maximum absolute atomic E-state index is 12.9. The maximum atomic E-state index is 12.9. The molecule has 0 bridgehead atoms. The van der Waals surface area contributed by atoms with Crippen LogP contribution in [0.5, 0.6) is 0 Å². The molecule has 0 aliphatic heterocycles. The quantitative estimate of drug-likeness (QED) is 0.522. The lowest BCUT2D eigenvalue weighted by Gasteiger charge is -2.11. The van der Waals surface area contributed by atoms with Crippen molar-refractivity contribution in [2.45, 2.75) is 13.1 Å². The lowest BCUT2D eigenvalue weighted by Crippen LogP contribution is -2.34. The van der Waals surface area contributed by atoms with E-state index in [0.717, 1.165) is 16.7 Å². The molecule has 1 aromatic carbocycles. The van der Waals surface area contributed by atoms with Gasteiger partial charge in [-0.05, 0) is 31.2 Å². The lowest BCUT2D eigenvalue weighted by molar-refractivity contribution is -0.137. The van der Waals surface area contributed by atoms with Gasteiger partial charge in [-0.1, -0.05) is 6.08 Å². The van der Waals surface area contributed by atoms with Gasteiger partial charge in [-0.3, -0.25) is 9.78 Å². The van der Waals surface area contributed by atoms with Crippen LogP contribution in [-0.4, -0.2) is 22.1 Å². The van der Waals surface area contributed by atoms with Crippen molar-refractivity contribution in [1.29, 1.82) is 0 Å². The second-order valence-electron chi connectivity index (χ2n) is 4.42. The SMILES string of the molecule is C=N/N=C(\C=C/C)n1c(=O)[nH]c(=O)c2ccc(C(F)(F)F)cc21. The Kier molecular flexibility index (Phi) is 4.30. The molecule has 0 spiro atoms. The van der Waals surface area contributed by atoms with Crippen LogP contribution < -0.4 is 11.2 Å². The topological polar surface area (TPSA) is 79.6 Å². The number of nitrogens with zero attached hydrogens (tertiary/aromatic N) is 3. The highest BCUT2D eigenvalue weighted by atomic mass is 19.4. The molecule has 9 heteroatoms. The summed E-state index contributed by atoms with van der Waals surface area (Å²) in [7, 11) is 0. The summed E-state index contributed by atoms with van der Waals surface area (Å²) in [5.74, 6) is -0.0759. The molecule has 0 saturated carbocycles. The number of fused-ring (bicyclic) bond motifs is 1. The van der Waals surface area contributed by atoms with Gasteiger partial charge in [0.25, 0.3) is 5.56 Å². The number of allylic oxidation sites excluding steroid dienone is 2. The van der Waals surface area contributed by atoms with E-state index in [1.165, 1.54) is 12.2 Å². The minimum atomic E-state index is -4.62. The van der Waals surface area contributed by atoms with Gasteiger partial charge in [0.1, 0.15) is 0 Å². The predicted octanol–water partition coefficient (Wildman–Crippen LogP) is 2.15. The van der Waals surface area contributed by atoms with Crippen molar-refractivity contribution >= 4 is 23.5 Å². The Morgan fingerprint density at radius 3 is 2.61 bits per heavy atom. The summed E-state index contributed by atoms with van der Waals surface area (Å²) in [6, 6.07) is 2.49. The Morgan fingerprint density at radius 2 is 2.04 bits per heavy atom. The van der Waals surface area contributed by atoms with Crippen molar-refractivity contribution in [1.82, 2.24) is 9.55 Å². The minimum absolute atomic E-state index is 0.0759. The fourth-order valence-corrected chi connectivity index (χ4v) is 2.02. The van der Waals surface area contributed by atoms with Gasteiger partial charge in [-0.25, -0.2) is 9.36 Å². The van der Waals surface area contributed by atoms with Crippen molar-refractivity contribution < 1.29 is 13.2 Å². The summed E-state index contributed by atoms with van der Waals surface area (Å²) in [4.78, 5) is 25.9. The third-order valence-electron chi connectivity index (χ3n) is 2.95. The normalized spacial score (nSPS) is 13.0. The summed E-state index contributed by atoms with van der Waals surface area (Å²) < 4.78 is 39.5. The molecule has 1 heterocycles. The van der Waals surface area contributed by atoms with E-state index in [1.54, 1.807) is 6.92 Å². The van der Waals surface area contributed by atoms with Crippen LogP contribution in [0.1, 0.15) is 12.5 Å². The van der Waals surface area contributed by atoms with Gasteiger partial charge < -0.3 is 0 Å². The number of benzene rings is 1. The molecule has 0 aliphatic carbocycles. The number of aromatic nitrogens is 2. The molecular formula is C14H11F3N4O2. The summed E-state index contributed by atoms with van der Waals surface area (Å²) in [5, 5.41) is 6.82. The minimum Gasteiger partial charge on any atom is -0.273 e. The fraction of sp³-hybridized carbons (Fsp3) is 0.143. The second kappa shape index (κ2) is 6.03. The first kappa shape index (κ1) is 16.4. The van der Waals surface area contributed by atoms with Gasteiger partial charge in [0.2, 0.25) is 0 Å². The maximum Gasteiger partial charge on any atom is 0.416 e. The van der Waals surface area contributed by atoms with Gasteiger partial charge in [0.15, 0.2) is 5.84 Å². The van der Waals surface area contributed by atoms with Crippen LogP contribution in [0.3, 0.4) is 0 Å². The lowest BCUT2D eigenvalue weighted by atomic mass is 10.1. The van der Waals surface area contributed by atoms with E-state index in [4.69, 9.17) is 0 Å². The van der Waals surface area contributed by atoms with Gasteiger partial charge in [-0.2, -0.15) is 18.3 Å². The van der Waals surface area contributed by atoms with Crippen LogP contribution in [0.2, 0.25) is 0 Å². The van der Waals surface area contributed by atoms with Crippen LogP contribution in [0.4, 0.5) is 13.2 Å². The highest BCUT2D eigenvalue weighted by Gasteiger charge is 2.31. The van der Waals surface area contributed by atoms with Crippen molar-refractivity contribution in [2.75, 3.05) is 0 Å². The molecule has 23 heavy (non-hydrogen) atoms. The molecule has 1 aromatic heterocycles. The average Bonchev–Trinajstić information content (AvgIpc) is 2.46. The number of aromatic amines is 1. The van der Waals surface area contributed by atoms with Crippen LogP contribution in [0.15, 0.2) is 50.1 Å². The van der Waals surface area contributed by atoms with E-state index in [0.29, 0.717) is 6.07 Å². The molecule has 0 fully saturated rings. The largest absolute Gasteiger partial charge is 0.416 e. The molecule has 0 amide bonds. The number of hydrogen-bond acceptors (Lipinski definition) is 4. The van der Waals surface area contributed by atoms with Crippen LogP contribution in [-0.2, 0) is 6.18 Å². The first-order valence-corrected chi connectivity index (χ1v) is 6.32. The standard InChI is InChI=1S/C14H11F3N4O2/c1-3-4-11(20-18-2)21-10-7-8(14(15,16)17)5-6-9(10)12(22)19-13(21)23/h3-7H,2H2,1H3,(H,19,22,23)/b4-3-,20-11+. The Labute approximate surface area is 127 Å². The van der Waals surface area contributed by atoms with Crippen LogP contribution >= 0.6 is 0 Å². The zero-order valence-corrected chi connectivity index (χ0v) is 11.9. The molecular weight excluding hydrogens is 313 g/mol. The summed E-state index contributed by atoms with van der Waals surface area (Å²) in [6.45, 7) is 4.78. The number of alkyl halides is 3. The summed E-state index contributed by atoms with van der Waals surface area (Å²) >= 11 is 0. The molecule has 0 aliphatic rings. The molecule has 2 rings (SSSR count). The second-order valence-corrected chi connectivity index (χ2v) is 4.42. The monoisotopic (exact) mass is 324 g/mol. The summed E-state index contributed by atoms with van der Waals surface area (Å²) in [5.41, 5.74) is -2.94. The van der Waals surface area contributed by atoms with Crippen molar-refractivity contribution in [3.63, 3.8) is 0 Å². The Hall–Kier alpha value is -2.97. The molecule has 2 aromatic rings. The molecule has 0 unspecified atom stereocenters. The first-order chi connectivity index (χ1) is 10.8. The van der Waals surface area contributed by atoms with Gasteiger partial charge in [-0.15, -0.1) is 5.10 Å². The zero-order valence-electron chi connectivity index (χ0n) is 11.9. The third-order valence-corrected chi connectivity index (χ3v) is 2.95. The number of nitrogens with one attached hydrogen (secondary N) is 1. The number of hydrogen-bond donors (Lipinski definition) is 1. The number of halogens is 3. The van der Waals surface area contributed by atoms with Crippen molar-refractivity contribution in [3.05, 3.63) is 56.8 Å². The number of H-pyrrole nitrogens is 1. The Morgan fingerprint density at radius 1 is 1.35 bits per heavy atom. The average molecular weight is 324 g/mol. The smallest absolute Gasteiger partial charge is 0.273 e. The molecule has 0 atom stereocenters. The predicted molar refractivity (Wildman–Crippen MR) is 81.0 cm³/mol. The van der Waals surface area contributed by atoms with Gasteiger partial charge in [0.05, 0.1) is 16.5 Å². The molecule has 120 valence electrons. The molecule has 0 saturated heterocycles. The van der Waals surface area contributed by atoms with Crippen LogP contribution in [0.25, 0.3) is 10.9 Å². The van der Waals surface area contributed by atoms with E-state index >= 15 is 0 Å². The highest BCUT2D eigenvalue weighted by molar-refractivity contribution is 6.00. The van der Waals surface area contributed by atoms with E-state index in [-0.39, 0.29) is 16.7 Å². The van der Waals surface area contributed by atoms with E-state index in [2.05, 4.69) is 16.9 Å². The molecule has 6 nitrogen and oxygen atoms in total. The van der Waals surface area contributed by atoms with Crippen molar-refractivity contribution in [3.8, 4) is 0 Å². The molecule has 0 radical (unpaired) electrons. The molecule has 1 N–H and O–H groups in total. The van der Waals surface area contributed by atoms with E-state index in [9.17, 15) is 22.8 Å². The Bertz CT molecular complexity index is 936. The Balaban J connectivity index is 2.98. The fourth-order valence-electron chi connectivity index (χ4n) is 2.02. The van der Waals surface area contributed by atoms with E-state index in [1.807, 2.05) is 4.98 Å².